The van der Waals surface area contributed by atoms with E-state index in [4.69, 9.17) is 5.73 Å². The number of amides is 1. The topological polar surface area (TPSA) is 59.2 Å². The lowest BCUT2D eigenvalue weighted by Gasteiger charge is -2.29. The first kappa shape index (κ1) is 14.5. The van der Waals surface area contributed by atoms with Gasteiger partial charge in [0.05, 0.1) is 23.2 Å². The van der Waals surface area contributed by atoms with Gasteiger partial charge in [-0.15, -0.1) is 11.3 Å². The molecule has 5 heteroatoms. The number of nitrogens with two attached hydrogens (primary N) is 1. The van der Waals surface area contributed by atoms with Gasteiger partial charge in [-0.1, -0.05) is 12.1 Å². The average molecular weight is 289 g/mol. The van der Waals surface area contributed by atoms with Gasteiger partial charge < -0.3 is 10.6 Å². The van der Waals surface area contributed by atoms with Crippen LogP contribution in [0.5, 0.6) is 0 Å². The quantitative estimate of drug-likeness (QED) is 0.880. The van der Waals surface area contributed by atoms with Crippen LogP contribution in [-0.4, -0.2) is 22.8 Å². The van der Waals surface area contributed by atoms with Gasteiger partial charge in [0, 0.05) is 18.1 Å². The van der Waals surface area contributed by atoms with E-state index < -0.39 is 5.41 Å². The van der Waals surface area contributed by atoms with Crippen molar-refractivity contribution in [3.05, 3.63) is 46.4 Å². The molecule has 0 atom stereocenters. The van der Waals surface area contributed by atoms with Gasteiger partial charge in [0.25, 0.3) is 0 Å². The summed E-state index contributed by atoms with van der Waals surface area (Å²) in [5.41, 5.74) is 9.46. The molecule has 0 fully saturated rings. The molecule has 2 rings (SSSR count). The summed E-state index contributed by atoms with van der Waals surface area (Å²) < 4.78 is 0. The Morgan fingerprint density at radius 2 is 2.00 bits per heavy atom. The predicted molar refractivity (Wildman–Crippen MR) is 82.5 cm³/mol. The Morgan fingerprint density at radius 3 is 2.55 bits per heavy atom. The molecule has 1 aromatic heterocycles. The molecular weight excluding hydrogens is 270 g/mol. The Morgan fingerprint density at radius 1 is 1.35 bits per heavy atom. The SMILES string of the molecule is CN(Cc1cscn1)C(=O)C(C)(C)c1ccc(N)cc1. The number of carbonyl (C=O) groups excluding carboxylic acids is 1. The number of nitrogens with zero attached hydrogens (tertiary/aromatic N) is 2. The number of hydrogen-bond acceptors (Lipinski definition) is 4. The standard InChI is InChI=1S/C15H19N3OS/c1-15(2,11-4-6-12(16)7-5-11)14(19)18(3)8-13-9-20-10-17-13/h4-7,9-10H,8,16H2,1-3H3. The summed E-state index contributed by atoms with van der Waals surface area (Å²) in [6, 6.07) is 7.46. The highest BCUT2D eigenvalue weighted by Crippen LogP contribution is 2.26. The van der Waals surface area contributed by atoms with E-state index in [1.54, 1.807) is 17.5 Å². The minimum Gasteiger partial charge on any atom is -0.399 e. The molecule has 20 heavy (non-hydrogen) atoms. The molecule has 0 saturated heterocycles. The van der Waals surface area contributed by atoms with Crippen LogP contribution >= 0.6 is 11.3 Å². The highest BCUT2D eigenvalue weighted by molar-refractivity contribution is 7.07. The van der Waals surface area contributed by atoms with Crippen molar-refractivity contribution < 1.29 is 4.79 Å². The number of nitrogen functional groups attached to an aromatic ring is 1. The molecular formula is C15H19N3OS. The maximum atomic E-state index is 12.6. The Kier molecular flexibility index (Phi) is 4.09. The van der Waals surface area contributed by atoms with Crippen LogP contribution in [0.1, 0.15) is 25.1 Å². The van der Waals surface area contributed by atoms with Crippen LogP contribution in [0.25, 0.3) is 0 Å². The largest absolute Gasteiger partial charge is 0.399 e. The number of benzene rings is 1. The normalized spacial score (nSPS) is 11.3. The summed E-state index contributed by atoms with van der Waals surface area (Å²) in [6.45, 7) is 4.39. The van der Waals surface area contributed by atoms with E-state index in [0.29, 0.717) is 12.2 Å². The van der Waals surface area contributed by atoms with Crippen LogP contribution in [0.3, 0.4) is 0 Å². The second kappa shape index (κ2) is 5.63. The van der Waals surface area contributed by atoms with Crippen molar-refractivity contribution in [2.24, 2.45) is 0 Å². The zero-order chi connectivity index (χ0) is 14.8. The highest BCUT2D eigenvalue weighted by atomic mass is 32.1. The van der Waals surface area contributed by atoms with Crippen LogP contribution in [0, 0.1) is 0 Å². The lowest BCUT2D eigenvalue weighted by molar-refractivity contribution is -0.135. The fourth-order valence-corrected chi connectivity index (χ4v) is 2.68. The first-order valence-corrected chi connectivity index (χ1v) is 7.34. The first-order valence-electron chi connectivity index (χ1n) is 6.40. The number of rotatable bonds is 4. The summed E-state index contributed by atoms with van der Waals surface area (Å²) in [5.74, 6) is 0.0651. The number of hydrogen-bond donors (Lipinski definition) is 1. The van der Waals surface area contributed by atoms with Crippen molar-refractivity contribution in [1.29, 1.82) is 0 Å². The van der Waals surface area contributed by atoms with Crippen molar-refractivity contribution in [3.8, 4) is 0 Å². The van der Waals surface area contributed by atoms with Crippen LogP contribution in [0.15, 0.2) is 35.2 Å². The minimum atomic E-state index is -0.585. The average Bonchev–Trinajstić information content (AvgIpc) is 2.91. The molecule has 1 heterocycles. The first-order chi connectivity index (χ1) is 9.41. The van der Waals surface area contributed by atoms with Gasteiger partial charge in [0.2, 0.25) is 5.91 Å². The Balaban J connectivity index is 2.15. The van der Waals surface area contributed by atoms with Crippen molar-refractivity contribution in [1.82, 2.24) is 9.88 Å². The molecule has 0 aliphatic heterocycles. The second-order valence-electron chi connectivity index (χ2n) is 5.39. The fraction of sp³-hybridized carbons (Fsp3) is 0.333. The summed E-state index contributed by atoms with van der Waals surface area (Å²) in [4.78, 5) is 18.6. The second-order valence-corrected chi connectivity index (χ2v) is 6.11. The van der Waals surface area contributed by atoms with Gasteiger partial charge in [-0.25, -0.2) is 4.98 Å². The minimum absolute atomic E-state index is 0.0651. The molecule has 1 aromatic carbocycles. The third kappa shape index (κ3) is 2.99. The molecule has 0 aliphatic carbocycles. The zero-order valence-electron chi connectivity index (χ0n) is 12.0. The van der Waals surface area contributed by atoms with Crippen LogP contribution < -0.4 is 5.73 Å². The summed E-state index contributed by atoms with van der Waals surface area (Å²) in [5, 5.41) is 1.96. The molecule has 0 unspecified atom stereocenters. The number of thiazole rings is 1. The van der Waals surface area contributed by atoms with E-state index in [1.165, 1.54) is 11.3 Å². The highest BCUT2D eigenvalue weighted by Gasteiger charge is 2.32. The molecule has 2 N–H and O–H groups in total. The van der Waals surface area contributed by atoms with E-state index in [-0.39, 0.29) is 5.91 Å². The number of carbonyl (C=O) groups is 1. The molecule has 106 valence electrons. The molecule has 0 spiro atoms. The monoisotopic (exact) mass is 289 g/mol. The molecule has 2 aromatic rings. The van der Waals surface area contributed by atoms with Crippen molar-refractivity contribution in [2.45, 2.75) is 25.8 Å². The maximum absolute atomic E-state index is 12.6. The predicted octanol–water partition coefficient (Wildman–Crippen LogP) is 2.66. The number of anilines is 1. The summed E-state index contributed by atoms with van der Waals surface area (Å²) in [7, 11) is 1.81. The van der Waals surface area contributed by atoms with Crippen molar-refractivity contribution in [3.63, 3.8) is 0 Å². The van der Waals surface area contributed by atoms with Gasteiger partial charge in [-0.05, 0) is 31.5 Å². The number of aromatic nitrogens is 1. The Hall–Kier alpha value is -1.88. The van der Waals surface area contributed by atoms with E-state index >= 15 is 0 Å². The summed E-state index contributed by atoms with van der Waals surface area (Å²) in [6.07, 6.45) is 0. The van der Waals surface area contributed by atoms with Gasteiger partial charge in [0.1, 0.15) is 0 Å². The molecule has 0 radical (unpaired) electrons. The summed E-state index contributed by atoms with van der Waals surface area (Å²) >= 11 is 1.54. The van der Waals surface area contributed by atoms with Crippen molar-refractivity contribution >= 4 is 22.9 Å². The van der Waals surface area contributed by atoms with Gasteiger partial charge in [0.15, 0.2) is 0 Å². The third-order valence-electron chi connectivity index (χ3n) is 3.40. The van der Waals surface area contributed by atoms with E-state index in [2.05, 4.69) is 4.98 Å². The third-order valence-corrected chi connectivity index (χ3v) is 4.03. The molecule has 0 bridgehead atoms. The van der Waals surface area contributed by atoms with Crippen LogP contribution in [0.4, 0.5) is 5.69 Å². The molecule has 4 nitrogen and oxygen atoms in total. The molecule has 0 aliphatic rings. The van der Waals surface area contributed by atoms with Crippen molar-refractivity contribution in [2.75, 3.05) is 12.8 Å². The van der Waals surface area contributed by atoms with E-state index in [9.17, 15) is 4.79 Å². The lowest BCUT2D eigenvalue weighted by atomic mass is 9.83. The van der Waals surface area contributed by atoms with Gasteiger partial charge in [-0.2, -0.15) is 0 Å². The van der Waals surface area contributed by atoms with E-state index in [1.807, 2.05) is 43.5 Å². The molecule has 1 amide bonds. The smallest absolute Gasteiger partial charge is 0.232 e. The Bertz CT molecular complexity index is 576. The van der Waals surface area contributed by atoms with Crippen LogP contribution in [0.2, 0.25) is 0 Å². The zero-order valence-corrected chi connectivity index (χ0v) is 12.8. The van der Waals surface area contributed by atoms with Crippen LogP contribution in [-0.2, 0) is 16.8 Å². The lowest BCUT2D eigenvalue weighted by Crippen LogP contribution is -2.41. The Labute approximate surface area is 123 Å². The van der Waals surface area contributed by atoms with Gasteiger partial charge in [-0.3, -0.25) is 4.79 Å². The number of likely N-dealkylation sites (N-methyl/N-ethyl adjacent to an activating group) is 1. The maximum Gasteiger partial charge on any atom is 0.232 e. The van der Waals surface area contributed by atoms with E-state index in [0.717, 1.165) is 11.3 Å². The molecule has 0 saturated carbocycles. The van der Waals surface area contributed by atoms with Gasteiger partial charge >= 0.3 is 0 Å². The fourth-order valence-electron chi connectivity index (χ4n) is 2.13.